The van der Waals surface area contributed by atoms with Gasteiger partial charge in [0.1, 0.15) is 0 Å². The quantitative estimate of drug-likeness (QED) is 0.220. The van der Waals surface area contributed by atoms with Crippen LogP contribution < -0.4 is 0 Å². The number of hydrogen-bond acceptors (Lipinski definition) is 2. The van der Waals surface area contributed by atoms with Gasteiger partial charge in [0.2, 0.25) is 0 Å². The fourth-order valence-corrected chi connectivity index (χ4v) is 0. The van der Waals surface area contributed by atoms with Crippen molar-refractivity contribution in [3.63, 3.8) is 0 Å². The molecule has 0 saturated carbocycles. The Morgan fingerprint density at radius 1 is 1.60 bits per heavy atom. The van der Waals surface area contributed by atoms with Gasteiger partial charge >= 0.3 is 37.7 Å². The average molecular weight is 103 g/mol. The molecule has 5 heteroatoms. The third-order valence-electron chi connectivity index (χ3n) is 0. The summed E-state index contributed by atoms with van der Waals surface area (Å²) in [5, 5.41) is 7.89. The van der Waals surface area contributed by atoms with E-state index in [0.29, 0.717) is 0 Å². The zero-order chi connectivity index (χ0) is 2.71. The summed E-state index contributed by atoms with van der Waals surface area (Å²) in [6.45, 7) is 0. The molecule has 0 fully saturated rings. The van der Waals surface area contributed by atoms with Crippen LogP contribution in [0.1, 0.15) is 0 Å². The van der Waals surface area contributed by atoms with E-state index in [1.807, 2.05) is 0 Å². The monoisotopic (exact) mass is 103 g/mol. The van der Waals surface area contributed by atoms with Crippen LogP contribution in [0.25, 0.3) is 0 Å². The van der Waals surface area contributed by atoms with E-state index < -0.39 is 0 Å². The predicted molar refractivity (Wildman–Crippen MR) is 26.1 cm³/mol. The molecule has 0 rings (SSSR count). The molecule has 0 saturated heterocycles. The normalized spacial score (nSPS) is 2.40. The van der Waals surface area contributed by atoms with Gasteiger partial charge < -0.3 is 5.21 Å². The molecule has 0 aromatic rings. The zero-order valence-electron chi connectivity index (χ0n) is 1.30. The first-order valence-electron chi connectivity index (χ1n) is 0.383. The third kappa shape index (κ3) is 66.8. The summed E-state index contributed by atoms with van der Waals surface area (Å²) < 4.78 is 0. The van der Waals surface area contributed by atoms with Crippen LogP contribution in [0.15, 0.2) is 5.34 Å². The van der Waals surface area contributed by atoms with Crippen LogP contribution in [-0.4, -0.2) is 51.4 Å². The van der Waals surface area contributed by atoms with E-state index >= 15 is 0 Å². The minimum atomic E-state index is 0. The van der Waals surface area contributed by atoms with Gasteiger partial charge in [-0.25, -0.2) is 0 Å². The van der Waals surface area contributed by atoms with E-state index in [-0.39, 0.29) is 46.2 Å². The Hall–Kier alpha value is 0.725. The van der Waals surface area contributed by atoms with Crippen LogP contribution in [0.4, 0.5) is 0 Å². The van der Waals surface area contributed by atoms with Crippen molar-refractivity contribution in [2.45, 2.75) is 0 Å². The molecule has 5 heavy (non-hydrogen) atoms. The van der Waals surface area contributed by atoms with Gasteiger partial charge in [0, 0.05) is 0 Å². The van der Waals surface area contributed by atoms with Gasteiger partial charge in [-0.2, -0.15) is 0 Å². The molecule has 0 heterocycles. The third-order valence-corrected chi connectivity index (χ3v) is 0. The Bertz CT molecular complexity index is 17.1. The summed E-state index contributed by atoms with van der Waals surface area (Å²) in [7, 11) is 0. The maximum atomic E-state index is 8.11. The second kappa shape index (κ2) is 22.0. The second-order valence-corrected chi connectivity index (χ2v) is 0.0816. The molecule has 0 unspecified atom stereocenters. The number of nitrogens with zero attached hydrogens (tertiary/aromatic N) is 1. The van der Waals surface area contributed by atoms with E-state index in [9.17, 15) is 0 Å². The van der Waals surface area contributed by atoms with E-state index in [1.165, 1.54) is 5.34 Å². The first kappa shape index (κ1) is 17.2. The van der Waals surface area contributed by atoms with Crippen LogP contribution >= 0.6 is 0 Å². The summed E-state index contributed by atoms with van der Waals surface area (Å²) >= 11 is 0. The van der Waals surface area contributed by atoms with E-state index in [2.05, 4.69) is 0 Å². The number of hydrogen-bond donors (Lipinski definition) is 1. The SMILES string of the molecule is B.O=NO.[CaH2]. The molecule has 0 spiro atoms. The van der Waals surface area contributed by atoms with Gasteiger partial charge in [0.05, 0.1) is 8.41 Å². The topological polar surface area (TPSA) is 49.7 Å². The molecule has 0 aliphatic heterocycles. The Balaban J connectivity index is -0.0000000200. The van der Waals surface area contributed by atoms with E-state index in [1.54, 1.807) is 0 Å². The summed E-state index contributed by atoms with van der Waals surface area (Å²) in [5.74, 6) is 0. The summed E-state index contributed by atoms with van der Waals surface area (Å²) in [4.78, 5) is 8.11. The standard InChI is InChI=1S/BH3.Ca.HNO2.2H/c;;2-1-3;;/h1H3;;(H,2,3);;. The predicted octanol–water partition coefficient (Wildman–Crippen LogP) is -1.96. The molecule has 0 atom stereocenters. The Morgan fingerprint density at radius 2 is 1.60 bits per heavy atom. The Kier molecular flexibility index (Phi) is 75.9. The van der Waals surface area contributed by atoms with Gasteiger partial charge in [0.25, 0.3) is 0 Å². The van der Waals surface area contributed by atoms with Crippen molar-refractivity contribution in [1.29, 1.82) is 0 Å². The van der Waals surface area contributed by atoms with Gasteiger partial charge in [-0.05, 0) is 0 Å². The molecule has 0 aromatic carbocycles. The van der Waals surface area contributed by atoms with Crippen molar-refractivity contribution in [3.8, 4) is 0 Å². The van der Waals surface area contributed by atoms with Crippen LogP contribution in [0.2, 0.25) is 0 Å². The van der Waals surface area contributed by atoms with Crippen molar-refractivity contribution in [2.24, 2.45) is 5.34 Å². The molecule has 28 valence electrons. The summed E-state index contributed by atoms with van der Waals surface area (Å²) in [5.41, 5.74) is 0. The van der Waals surface area contributed by atoms with Gasteiger partial charge in [-0.15, -0.1) is 4.91 Å². The van der Waals surface area contributed by atoms with Crippen molar-refractivity contribution in [3.05, 3.63) is 4.91 Å². The molecular formula is H6BCaNO2. The fraction of sp³-hybridized carbons (Fsp3) is 0. The van der Waals surface area contributed by atoms with Crippen LogP contribution in [-0.2, 0) is 0 Å². The first-order valence-corrected chi connectivity index (χ1v) is 0.383. The van der Waals surface area contributed by atoms with Crippen molar-refractivity contribution >= 4 is 46.2 Å². The Morgan fingerprint density at radius 3 is 1.60 bits per heavy atom. The second-order valence-electron chi connectivity index (χ2n) is 0.0816. The molecular weight excluding hydrogens is 96.9 g/mol. The number of rotatable bonds is 0. The summed E-state index contributed by atoms with van der Waals surface area (Å²) in [6, 6.07) is 0. The molecule has 0 aliphatic carbocycles. The van der Waals surface area contributed by atoms with Gasteiger partial charge in [-0.1, -0.05) is 0 Å². The maximum absolute atomic E-state index is 8.11. The first-order chi connectivity index (χ1) is 1.41. The molecule has 0 bridgehead atoms. The fourth-order valence-electron chi connectivity index (χ4n) is 0. The molecule has 3 nitrogen and oxygen atoms in total. The average Bonchev–Trinajstić information content (AvgIpc) is 0.918. The van der Waals surface area contributed by atoms with Crippen LogP contribution in [0, 0.1) is 4.91 Å². The van der Waals surface area contributed by atoms with Crippen molar-refractivity contribution < 1.29 is 5.21 Å². The van der Waals surface area contributed by atoms with Gasteiger partial charge in [-0.3, -0.25) is 0 Å². The molecule has 0 amide bonds. The molecule has 0 aliphatic rings. The zero-order valence-corrected chi connectivity index (χ0v) is 1.30. The minimum absolute atomic E-state index is 0. The molecule has 0 aromatic heterocycles. The van der Waals surface area contributed by atoms with Crippen molar-refractivity contribution in [2.75, 3.05) is 0 Å². The van der Waals surface area contributed by atoms with Crippen LogP contribution in [0.5, 0.6) is 0 Å². The van der Waals surface area contributed by atoms with Crippen molar-refractivity contribution in [1.82, 2.24) is 0 Å². The van der Waals surface area contributed by atoms with Gasteiger partial charge in [0.15, 0.2) is 5.34 Å². The van der Waals surface area contributed by atoms with E-state index in [4.69, 9.17) is 10.1 Å². The molecule has 1 N–H and O–H groups in total. The summed E-state index contributed by atoms with van der Waals surface area (Å²) in [6.07, 6.45) is 0. The van der Waals surface area contributed by atoms with Crippen LogP contribution in [0.3, 0.4) is 0 Å². The van der Waals surface area contributed by atoms with E-state index in [0.717, 1.165) is 0 Å². The molecule has 0 radical (unpaired) electrons. The Labute approximate surface area is 61.3 Å².